The number of carbonyl (C=O) groups excluding carboxylic acids is 2. The number of ketones is 1. The molecule has 0 aromatic heterocycles. The van der Waals surface area contributed by atoms with Crippen LogP contribution in [-0.2, 0) is 16.0 Å². The molecule has 4 heteroatoms. The third kappa shape index (κ3) is 4.47. The van der Waals surface area contributed by atoms with Crippen LogP contribution in [0.1, 0.15) is 66.9 Å². The second-order valence-electron chi connectivity index (χ2n) is 8.29. The van der Waals surface area contributed by atoms with Gasteiger partial charge in [0.1, 0.15) is 0 Å². The first-order valence-corrected chi connectivity index (χ1v) is 10.5. The highest BCUT2D eigenvalue weighted by Crippen LogP contribution is 2.32. The molecule has 150 valence electrons. The van der Waals surface area contributed by atoms with Gasteiger partial charge in [0.05, 0.1) is 18.1 Å². The summed E-state index contributed by atoms with van der Waals surface area (Å²) in [5.41, 5.74) is 2.44. The molecule has 0 radical (unpaired) electrons. The lowest BCUT2D eigenvalue weighted by Crippen LogP contribution is -2.39. The lowest BCUT2D eigenvalue weighted by atomic mass is 9.88. The summed E-state index contributed by atoms with van der Waals surface area (Å²) in [5.74, 6) is -0.159. The quantitative estimate of drug-likeness (QED) is 0.525. The monoisotopic (exact) mass is 389 g/mol. The first kappa shape index (κ1) is 19.6. The van der Waals surface area contributed by atoms with E-state index in [2.05, 4.69) is 0 Å². The van der Waals surface area contributed by atoms with Crippen LogP contribution < -0.4 is 0 Å². The first-order chi connectivity index (χ1) is 14.0. The predicted molar refractivity (Wildman–Crippen MR) is 113 cm³/mol. The molecule has 0 spiro atoms. The fourth-order valence-electron chi connectivity index (χ4n) is 4.40. The molecule has 0 saturated heterocycles. The number of fused-ring (bicyclic) bond motifs is 1. The SMILES string of the molecule is CC1(OC(=O)C2CCCCC2)Cc2ccccc2C(CC(=O)c2ccccc2)=N1. The molecule has 4 nitrogen and oxygen atoms in total. The van der Waals surface area contributed by atoms with E-state index in [1.54, 1.807) is 0 Å². The number of hydrogen-bond acceptors (Lipinski definition) is 4. The number of Topliss-reactive ketones (excluding diaryl/α,β-unsaturated/α-hetero) is 1. The van der Waals surface area contributed by atoms with Crippen molar-refractivity contribution >= 4 is 17.5 Å². The maximum atomic E-state index is 12.8. The van der Waals surface area contributed by atoms with Crippen LogP contribution in [0.4, 0.5) is 0 Å². The van der Waals surface area contributed by atoms with E-state index >= 15 is 0 Å². The fourth-order valence-corrected chi connectivity index (χ4v) is 4.40. The largest absolute Gasteiger partial charge is 0.437 e. The Morgan fingerprint density at radius 3 is 2.45 bits per heavy atom. The summed E-state index contributed by atoms with van der Waals surface area (Å²) in [7, 11) is 0. The molecule has 1 aliphatic heterocycles. The van der Waals surface area contributed by atoms with Gasteiger partial charge in [0, 0.05) is 12.0 Å². The minimum Gasteiger partial charge on any atom is -0.437 e. The average Bonchev–Trinajstić information content (AvgIpc) is 2.74. The molecule has 0 N–H and O–H groups in total. The second kappa shape index (κ2) is 8.32. The topological polar surface area (TPSA) is 55.7 Å². The summed E-state index contributed by atoms with van der Waals surface area (Å²) in [5, 5.41) is 0. The summed E-state index contributed by atoms with van der Waals surface area (Å²) in [4.78, 5) is 30.4. The molecule has 0 bridgehead atoms. The van der Waals surface area contributed by atoms with Crippen LogP contribution in [0.2, 0.25) is 0 Å². The Kier molecular flexibility index (Phi) is 5.61. The van der Waals surface area contributed by atoms with E-state index < -0.39 is 5.72 Å². The third-order valence-corrected chi connectivity index (χ3v) is 5.90. The average molecular weight is 389 g/mol. The van der Waals surface area contributed by atoms with Gasteiger partial charge in [0.2, 0.25) is 5.72 Å². The Bertz CT molecular complexity index is 928. The zero-order valence-corrected chi connectivity index (χ0v) is 16.9. The van der Waals surface area contributed by atoms with Gasteiger partial charge >= 0.3 is 5.97 Å². The van der Waals surface area contributed by atoms with Crippen LogP contribution in [-0.4, -0.2) is 23.2 Å². The summed E-state index contributed by atoms with van der Waals surface area (Å²) in [6.45, 7) is 1.86. The van der Waals surface area contributed by atoms with Crippen molar-refractivity contribution in [2.45, 2.75) is 57.6 Å². The van der Waals surface area contributed by atoms with Gasteiger partial charge < -0.3 is 4.74 Å². The van der Waals surface area contributed by atoms with Gasteiger partial charge in [-0.1, -0.05) is 73.9 Å². The van der Waals surface area contributed by atoms with Gasteiger partial charge in [-0.2, -0.15) is 0 Å². The normalized spacial score (nSPS) is 21.8. The van der Waals surface area contributed by atoms with Crippen molar-refractivity contribution in [2.24, 2.45) is 10.9 Å². The molecule has 2 aliphatic rings. The first-order valence-electron chi connectivity index (χ1n) is 10.5. The number of carbonyl (C=O) groups is 2. The number of hydrogen-bond donors (Lipinski definition) is 0. The molecule has 0 amide bonds. The van der Waals surface area contributed by atoms with E-state index in [1.807, 2.05) is 61.5 Å². The van der Waals surface area contributed by atoms with Gasteiger partial charge in [0.25, 0.3) is 0 Å². The Labute approximate surface area is 172 Å². The minimum absolute atomic E-state index is 0.0158. The molecular weight excluding hydrogens is 362 g/mol. The van der Waals surface area contributed by atoms with E-state index in [4.69, 9.17) is 9.73 Å². The molecule has 1 unspecified atom stereocenters. The lowest BCUT2D eigenvalue weighted by Gasteiger charge is -2.33. The highest BCUT2D eigenvalue weighted by molar-refractivity contribution is 6.16. The Hall–Kier alpha value is -2.75. The molecule has 1 fully saturated rings. The molecule has 2 aromatic rings. The smallest absolute Gasteiger partial charge is 0.311 e. The zero-order chi connectivity index (χ0) is 20.3. The summed E-state index contributed by atoms with van der Waals surface area (Å²) >= 11 is 0. The van der Waals surface area contributed by atoms with Crippen molar-refractivity contribution in [3.05, 3.63) is 71.3 Å². The third-order valence-electron chi connectivity index (χ3n) is 5.90. The molecule has 1 atom stereocenters. The maximum absolute atomic E-state index is 12.8. The van der Waals surface area contributed by atoms with Crippen LogP contribution in [0.25, 0.3) is 0 Å². The maximum Gasteiger partial charge on any atom is 0.311 e. The van der Waals surface area contributed by atoms with Gasteiger partial charge in [0.15, 0.2) is 5.78 Å². The van der Waals surface area contributed by atoms with Crippen LogP contribution in [0.5, 0.6) is 0 Å². The molecule has 4 rings (SSSR count). The Morgan fingerprint density at radius 2 is 1.69 bits per heavy atom. The van der Waals surface area contributed by atoms with Gasteiger partial charge in [-0.05, 0) is 30.9 Å². The van der Waals surface area contributed by atoms with E-state index in [0.717, 1.165) is 36.8 Å². The van der Waals surface area contributed by atoms with E-state index in [9.17, 15) is 9.59 Å². The van der Waals surface area contributed by atoms with Crippen molar-refractivity contribution in [1.29, 1.82) is 0 Å². The van der Waals surface area contributed by atoms with Crippen LogP contribution >= 0.6 is 0 Å². The van der Waals surface area contributed by atoms with Crippen molar-refractivity contribution in [3.63, 3.8) is 0 Å². The van der Waals surface area contributed by atoms with Gasteiger partial charge in [-0.3, -0.25) is 9.59 Å². The highest BCUT2D eigenvalue weighted by Gasteiger charge is 2.37. The number of rotatable bonds is 5. The van der Waals surface area contributed by atoms with Gasteiger partial charge in [-0.15, -0.1) is 0 Å². The highest BCUT2D eigenvalue weighted by atomic mass is 16.6. The Balaban J connectivity index is 1.59. The number of aliphatic imine (C=N–C) groups is 1. The lowest BCUT2D eigenvalue weighted by molar-refractivity contribution is -0.163. The van der Waals surface area contributed by atoms with Crippen molar-refractivity contribution in [1.82, 2.24) is 0 Å². The van der Waals surface area contributed by atoms with Crippen LogP contribution in [0.3, 0.4) is 0 Å². The van der Waals surface area contributed by atoms with Crippen LogP contribution in [0, 0.1) is 5.92 Å². The Morgan fingerprint density at radius 1 is 1.00 bits per heavy atom. The number of ether oxygens (including phenoxy) is 1. The van der Waals surface area contributed by atoms with E-state index in [-0.39, 0.29) is 24.1 Å². The molecular formula is C25H27NO3. The molecule has 1 saturated carbocycles. The molecule has 1 heterocycles. The van der Waals surface area contributed by atoms with Crippen LogP contribution in [0.15, 0.2) is 59.6 Å². The molecule has 29 heavy (non-hydrogen) atoms. The second-order valence-corrected chi connectivity index (χ2v) is 8.29. The number of esters is 1. The molecule has 2 aromatic carbocycles. The van der Waals surface area contributed by atoms with Crippen molar-refractivity contribution in [3.8, 4) is 0 Å². The summed E-state index contributed by atoms with van der Waals surface area (Å²) < 4.78 is 5.95. The van der Waals surface area contributed by atoms with E-state index in [0.29, 0.717) is 17.7 Å². The number of nitrogens with zero attached hydrogens (tertiary/aromatic N) is 1. The predicted octanol–water partition coefficient (Wildman–Crippen LogP) is 5.14. The fraction of sp³-hybridized carbons (Fsp3) is 0.400. The summed E-state index contributed by atoms with van der Waals surface area (Å²) in [6.07, 6.45) is 5.88. The summed E-state index contributed by atoms with van der Waals surface area (Å²) in [6, 6.07) is 17.2. The molecule has 1 aliphatic carbocycles. The van der Waals surface area contributed by atoms with Gasteiger partial charge in [-0.25, -0.2) is 4.99 Å². The number of benzene rings is 2. The zero-order valence-electron chi connectivity index (χ0n) is 16.9. The van der Waals surface area contributed by atoms with Crippen molar-refractivity contribution < 1.29 is 14.3 Å². The van der Waals surface area contributed by atoms with Crippen molar-refractivity contribution in [2.75, 3.05) is 0 Å². The standard InChI is InChI=1S/C25H27NO3/c1-25(29-24(28)19-12-6-3-7-13-19)17-20-14-8-9-15-21(20)22(26-25)16-23(27)18-10-4-2-5-11-18/h2,4-5,8-11,14-15,19H,3,6-7,12-13,16-17H2,1H3. The van der Waals surface area contributed by atoms with E-state index in [1.165, 1.54) is 6.42 Å². The minimum atomic E-state index is -0.963.